The first-order valence-electron chi connectivity index (χ1n) is 8.35. The van der Waals surface area contributed by atoms with Gasteiger partial charge in [-0.25, -0.2) is 4.98 Å². The van der Waals surface area contributed by atoms with Crippen molar-refractivity contribution in [2.75, 3.05) is 11.4 Å². The standard InChI is InChI=1S/C17H25N3/c1-3-14-4-2-10-20(16(14)5-1)17-9-6-13(12-19-17)11-18-15-7-8-15/h6,9,12,14-16,18H,1-5,7-8,10-11H2. The van der Waals surface area contributed by atoms with E-state index in [1.54, 1.807) is 0 Å². The molecule has 108 valence electrons. The minimum Gasteiger partial charge on any atom is -0.353 e. The van der Waals surface area contributed by atoms with Crippen LogP contribution >= 0.6 is 0 Å². The summed E-state index contributed by atoms with van der Waals surface area (Å²) in [5.41, 5.74) is 1.32. The van der Waals surface area contributed by atoms with E-state index in [1.807, 2.05) is 0 Å². The van der Waals surface area contributed by atoms with Crippen LogP contribution in [-0.4, -0.2) is 23.6 Å². The number of piperidine rings is 1. The third-order valence-corrected chi connectivity index (χ3v) is 5.27. The molecule has 1 aliphatic heterocycles. The summed E-state index contributed by atoms with van der Waals surface area (Å²) in [5.74, 6) is 2.14. The first kappa shape index (κ1) is 12.6. The molecule has 4 rings (SSSR count). The van der Waals surface area contributed by atoms with E-state index in [0.717, 1.165) is 24.5 Å². The molecule has 2 aliphatic carbocycles. The Bertz CT molecular complexity index is 452. The molecule has 1 N–H and O–H groups in total. The highest BCUT2D eigenvalue weighted by atomic mass is 15.2. The Morgan fingerprint density at radius 3 is 2.80 bits per heavy atom. The molecule has 0 bridgehead atoms. The number of hydrogen-bond acceptors (Lipinski definition) is 3. The van der Waals surface area contributed by atoms with Crippen molar-refractivity contribution in [3.8, 4) is 0 Å². The van der Waals surface area contributed by atoms with Crippen LogP contribution in [0, 0.1) is 5.92 Å². The third kappa shape index (κ3) is 2.56. The predicted octanol–water partition coefficient (Wildman–Crippen LogP) is 3.10. The predicted molar refractivity (Wildman–Crippen MR) is 81.8 cm³/mol. The van der Waals surface area contributed by atoms with E-state index >= 15 is 0 Å². The van der Waals surface area contributed by atoms with E-state index in [-0.39, 0.29) is 0 Å². The van der Waals surface area contributed by atoms with Gasteiger partial charge < -0.3 is 10.2 Å². The molecular weight excluding hydrogens is 246 g/mol. The first-order valence-corrected chi connectivity index (χ1v) is 8.35. The van der Waals surface area contributed by atoms with Gasteiger partial charge in [0.15, 0.2) is 0 Å². The molecule has 2 atom stereocenters. The van der Waals surface area contributed by atoms with E-state index in [1.165, 1.54) is 62.9 Å². The second-order valence-corrected chi connectivity index (χ2v) is 6.77. The Morgan fingerprint density at radius 2 is 2.00 bits per heavy atom. The molecule has 0 aromatic carbocycles. The van der Waals surface area contributed by atoms with Gasteiger partial charge in [0.05, 0.1) is 0 Å². The van der Waals surface area contributed by atoms with Gasteiger partial charge in [-0.2, -0.15) is 0 Å². The van der Waals surface area contributed by atoms with E-state index < -0.39 is 0 Å². The third-order valence-electron chi connectivity index (χ3n) is 5.27. The van der Waals surface area contributed by atoms with Crippen LogP contribution in [0.2, 0.25) is 0 Å². The van der Waals surface area contributed by atoms with Crippen molar-refractivity contribution in [3.63, 3.8) is 0 Å². The number of fused-ring (bicyclic) bond motifs is 1. The number of anilines is 1. The van der Waals surface area contributed by atoms with Gasteiger partial charge >= 0.3 is 0 Å². The van der Waals surface area contributed by atoms with Crippen LogP contribution in [0.1, 0.15) is 50.5 Å². The van der Waals surface area contributed by atoms with E-state index in [0.29, 0.717) is 0 Å². The minimum atomic E-state index is 0.770. The van der Waals surface area contributed by atoms with Crippen molar-refractivity contribution in [3.05, 3.63) is 23.9 Å². The van der Waals surface area contributed by atoms with Crippen LogP contribution in [0.15, 0.2) is 18.3 Å². The van der Waals surface area contributed by atoms with Crippen LogP contribution in [-0.2, 0) is 6.54 Å². The molecule has 2 unspecified atom stereocenters. The van der Waals surface area contributed by atoms with Gasteiger partial charge in [0, 0.05) is 31.4 Å². The number of rotatable bonds is 4. The smallest absolute Gasteiger partial charge is 0.128 e. The van der Waals surface area contributed by atoms with Crippen LogP contribution < -0.4 is 10.2 Å². The Balaban J connectivity index is 1.44. The Labute approximate surface area is 121 Å². The lowest BCUT2D eigenvalue weighted by atomic mass is 9.92. The van der Waals surface area contributed by atoms with Crippen molar-refractivity contribution in [1.82, 2.24) is 10.3 Å². The summed E-state index contributed by atoms with van der Waals surface area (Å²) in [6.07, 6.45) is 11.8. The summed E-state index contributed by atoms with van der Waals surface area (Å²) in [7, 11) is 0. The van der Waals surface area contributed by atoms with Crippen molar-refractivity contribution in [2.45, 2.75) is 63.6 Å². The number of hydrogen-bond donors (Lipinski definition) is 1. The molecule has 2 saturated carbocycles. The molecule has 3 fully saturated rings. The number of pyridine rings is 1. The van der Waals surface area contributed by atoms with Gasteiger partial charge in [-0.1, -0.05) is 12.5 Å². The monoisotopic (exact) mass is 271 g/mol. The summed E-state index contributed by atoms with van der Waals surface area (Å²) in [6, 6.07) is 6.05. The Morgan fingerprint density at radius 1 is 1.10 bits per heavy atom. The highest BCUT2D eigenvalue weighted by Crippen LogP contribution is 2.38. The molecule has 1 aromatic heterocycles. The molecule has 3 aliphatic rings. The lowest BCUT2D eigenvalue weighted by Crippen LogP contribution is -2.43. The fourth-order valence-corrected chi connectivity index (χ4v) is 3.98. The van der Waals surface area contributed by atoms with Crippen molar-refractivity contribution >= 4 is 5.82 Å². The second-order valence-electron chi connectivity index (χ2n) is 6.77. The molecule has 3 heteroatoms. The molecule has 3 nitrogen and oxygen atoms in total. The van der Waals surface area contributed by atoms with Gasteiger partial charge in [0.1, 0.15) is 5.82 Å². The lowest BCUT2D eigenvalue weighted by Gasteiger charge is -2.38. The topological polar surface area (TPSA) is 28.2 Å². The van der Waals surface area contributed by atoms with E-state index in [2.05, 4.69) is 28.5 Å². The zero-order valence-corrected chi connectivity index (χ0v) is 12.2. The molecule has 1 aromatic rings. The van der Waals surface area contributed by atoms with E-state index in [4.69, 9.17) is 4.98 Å². The normalized spacial score (nSPS) is 29.5. The number of aromatic nitrogens is 1. The zero-order valence-electron chi connectivity index (χ0n) is 12.2. The van der Waals surface area contributed by atoms with Crippen LogP contribution in [0.25, 0.3) is 0 Å². The highest BCUT2D eigenvalue weighted by Gasteiger charge is 2.35. The van der Waals surface area contributed by atoms with Crippen molar-refractivity contribution in [1.29, 1.82) is 0 Å². The molecule has 0 spiro atoms. The van der Waals surface area contributed by atoms with Crippen LogP contribution in [0.3, 0.4) is 0 Å². The highest BCUT2D eigenvalue weighted by molar-refractivity contribution is 5.42. The van der Waals surface area contributed by atoms with Gasteiger partial charge in [-0.15, -0.1) is 0 Å². The summed E-state index contributed by atoms with van der Waals surface area (Å²) in [4.78, 5) is 7.33. The Kier molecular flexibility index (Phi) is 3.39. The van der Waals surface area contributed by atoms with Crippen molar-refractivity contribution in [2.24, 2.45) is 5.92 Å². The molecule has 0 radical (unpaired) electrons. The second kappa shape index (κ2) is 5.36. The molecular formula is C17H25N3. The maximum atomic E-state index is 4.75. The average molecular weight is 271 g/mol. The van der Waals surface area contributed by atoms with Gasteiger partial charge in [-0.05, 0) is 56.1 Å². The molecule has 20 heavy (non-hydrogen) atoms. The summed E-state index contributed by atoms with van der Waals surface area (Å²) in [6.45, 7) is 2.18. The maximum absolute atomic E-state index is 4.75. The van der Waals surface area contributed by atoms with Crippen LogP contribution in [0.4, 0.5) is 5.82 Å². The van der Waals surface area contributed by atoms with Gasteiger partial charge in [0.25, 0.3) is 0 Å². The molecule has 2 heterocycles. The Hall–Kier alpha value is -1.09. The average Bonchev–Trinajstić information content (AvgIpc) is 3.20. The SMILES string of the molecule is c1cc(N2CCCC3CCCC32)ncc1CNC1CC1. The zero-order chi connectivity index (χ0) is 13.4. The van der Waals surface area contributed by atoms with Gasteiger partial charge in [-0.3, -0.25) is 0 Å². The molecule has 1 saturated heterocycles. The molecule has 0 amide bonds. The fraction of sp³-hybridized carbons (Fsp3) is 0.706. The quantitative estimate of drug-likeness (QED) is 0.912. The summed E-state index contributed by atoms with van der Waals surface area (Å²) < 4.78 is 0. The summed E-state index contributed by atoms with van der Waals surface area (Å²) in [5, 5.41) is 3.56. The van der Waals surface area contributed by atoms with E-state index in [9.17, 15) is 0 Å². The minimum absolute atomic E-state index is 0.770. The van der Waals surface area contributed by atoms with Crippen molar-refractivity contribution < 1.29 is 0 Å². The largest absolute Gasteiger partial charge is 0.353 e. The number of nitrogens with one attached hydrogen (secondary N) is 1. The lowest BCUT2D eigenvalue weighted by molar-refractivity contribution is 0.360. The van der Waals surface area contributed by atoms with Gasteiger partial charge in [0.2, 0.25) is 0 Å². The summed E-state index contributed by atoms with van der Waals surface area (Å²) >= 11 is 0. The number of nitrogens with zero attached hydrogens (tertiary/aromatic N) is 2. The maximum Gasteiger partial charge on any atom is 0.128 e. The van der Waals surface area contributed by atoms with Crippen LogP contribution in [0.5, 0.6) is 0 Å². The first-order chi connectivity index (χ1) is 9.90. The fourth-order valence-electron chi connectivity index (χ4n) is 3.98.